The first-order valence-electron chi connectivity index (χ1n) is 10.5. The zero-order chi connectivity index (χ0) is 20.7. The van der Waals surface area contributed by atoms with Crippen molar-refractivity contribution in [3.8, 4) is 0 Å². The average molecular weight is 429 g/mol. The maximum atomic E-state index is 12.9. The molecule has 2 bridgehead atoms. The predicted octanol–water partition coefficient (Wildman–Crippen LogP) is 1.39. The molecule has 5 rings (SSSR count). The van der Waals surface area contributed by atoms with Crippen LogP contribution in [0.3, 0.4) is 0 Å². The van der Waals surface area contributed by atoms with E-state index < -0.39 is 0 Å². The fourth-order valence-corrected chi connectivity index (χ4v) is 5.89. The number of amides is 1. The molecule has 160 valence electrons. The number of nitrogens with zero attached hydrogens (tertiary/aromatic N) is 3. The van der Waals surface area contributed by atoms with Crippen molar-refractivity contribution < 1.29 is 14.6 Å². The minimum Gasteiger partial charge on any atom is -0.396 e. The average Bonchev–Trinajstić information content (AvgIpc) is 3.41. The highest BCUT2D eigenvalue weighted by Gasteiger charge is 2.62. The quantitative estimate of drug-likeness (QED) is 0.677. The number of aliphatic hydroxyl groups excluding tert-OH is 1. The number of morpholine rings is 1. The molecule has 1 aromatic carbocycles. The number of imidazole rings is 1. The molecule has 1 spiro atoms. The Bertz CT molecular complexity index is 890. The van der Waals surface area contributed by atoms with Crippen LogP contribution in [-0.2, 0) is 22.5 Å². The predicted molar refractivity (Wildman–Crippen MR) is 114 cm³/mol. The normalized spacial score (nSPS) is 30.6. The number of aromatic nitrogens is 2. The van der Waals surface area contributed by atoms with Crippen LogP contribution in [0.2, 0.25) is 0 Å². The molecule has 4 heterocycles. The Morgan fingerprint density at radius 1 is 1.33 bits per heavy atom. The van der Waals surface area contributed by atoms with Crippen molar-refractivity contribution in [2.45, 2.75) is 29.6 Å². The summed E-state index contributed by atoms with van der Waals surface area (Å²) in [5, 5.41) is 10.1. The third-order valence-corrected chi connectivity index (χ3v) is 7.63. The monoisotopic (exact) mass is 428 g/mol. The Hall–Kier alpha value is -1.87. The molecule has 3 aliphatic heterocycles. The summed E-state index contributed by atoms with van der Waals surface area (Å²) in [6.45, 7) is 3.82. The van der Waals surface area contributed by atoms with E-state index in [0.717, 1.165) is 25.3 Å². The molecule has 2 aromatic rings. The van der Waals surface area contributed by atoms with E-state index in [4.69, 9.17) is 4.74 Å². The zero-order valence-corrected chi connectivity index (χ0v) is 18.0. The molecule has 0 saturated carbocycles. The van der Waals surface area contributed by atoms with E-state index in [1.807, 2.05) is 4.90 Å². The number of nitrogens with one attached hydrogen (secondary N) is 1. The van der Waals surface area contributed by atoms with Crippen LogP contribution in [0.5, 0.6) is 0 Å². The van der Waals surface area contributed by atoms with Gasteiger partial charge < -0.3 is 19.7 Å². The number of rotatable bonds is 6. The molecule has 3 aliphatic rings. The lowest BCUT2D eigenvalue weighted by atomic mass is 9.83. The van der Waals surface area contributed by atoms with Gasteiger partial charge in [0.25, 0.3) is 0 Å². The van der Waals surface area contributed by atoms with Gasteiger partial charge in [0.15, 0.2) is 0 Å². The fourth-order valence-electron chi connectivity index (χ4n) is 5.49. The molecule has 0 aliphatic carbocycles. The Kier molecular flexibility index (Phi) is 5.35. The summed E-state index contributed by atoms with van der Waals surface area (Å²) in [6, 6.07) is 8.70. The van der Waals surface area contributed by atoms with Crippen molar-refractivity contribution in [3.63, 3.8) is 0 Å². The highest BCUT2D eigenvalue weighted by Crippen LogP contribution is 2.49. The molecule has 7 nitrogen and oxygen atoms in total. The number of thioether (sulfide) groups is 1. The molecule has 8 heteroatoms. The van der Waals surface area contributed by atoms with E-state index >= 15 is 0 Å². The van der Waals surface area contributed by atoms with Gasteiger partial charge in [0.05, 0.1) is 25.4 Å². The fraction of sp³-hybridized carbons (Fsp3) is 0.545. The Labute approximate surface area is 180 Å². The third kappa shape index (κ3) is 3.56. The number of hydrogen-bond acceptors (Lipinski definition) is 6. The van der Waals surface area contributed by atoms with Crippen LogP contribution in [0.1, 0.15) is 11.3 Å². The van der Waals surface area contributed by atoms with Crippen LogP contribution in [0.25, 0.3) is 0 Å². The number of likely N-dealkylation sites (tertiary alicyclic amines) is 2. The molecular weight excluding hydrogens is 400 g/mol. The minimum absolute atomic E-state index is 0.0810. The number of ether oxygens (including phenoxy) is 1. The molecule has 0 unspecified atom stereocenters. The second-order valence-electron chi connectivity index (χ2n) is 8.72. The molecule has 1 amide bonds. The van der Waals surface area contributed by atoms with Crippen LogP contribution in [-0.4, -0.2) is 81.5 Å². The van der Waals surface area contributed by atoms with E-state index in [1.54, 1.807) is 24.3 Å². The summed E-state index contributed by atoms with van der Waals surface area (Å²) in [5.74, 6) is 0.428. The number of fused-ring (bicyclic) bond motifs is 1. The van der Waals surface area contributed by atoms with Crippen LogP contribution < -0.4 is 0 Å². The van der Waals surface area contributed by atoms with Gasteiger partial charge in [-0.15, -0.1) is 11.8 Å². The second kappa shape index (κ2) is 8.00. The SMILES string of the molecule is CSc1ccc(CN2C[C@@H]3[C@H](CO)[C@H]4CN(C(=O)Cc5cnc[nH]5)C[C@]3(C2)O4)cc1. The highest BCUT2D eigenvalue weighted by atomic mass is 32.2. The minimum atomic E-state index is -0.376. The highest BCUT2D eigenvalue weighted by molar-refractivity contribution is 7.98. The first kappa shape index (κ1) is 20.1. The molecule has 2 N–H and O–H groups in total. The summed E-state index contributed by atoms with van der Waals surface area (Å²) >= 11 is 1.75. The number of aliphatic hydroxyl groups is 1. The maximum Gasteiger partial charge on any atom is 0.228 e. The van der Waals surface area contributed by atoms with Crippen molar-refractivity contribution in [1.82, 2.24) is 19.8 Å². The van der Waals surface area contributed by atoms with Crippen molar-refractivity contribution in [1.29, 1.82) is 0 Å². The number of H-pyrrole nitrogens is 1. The first-order chi connectivity index (χ1) is 14.6. The second-order valence-corrected chi connectivity index (χ2v) is 9.60. The van der Waals surface area contributed by atoms with Gasteiger partial charge in [0.2, 0.25) is 5.91 Å². The van der Waals surface area contributed by atoms with Crippen LogP contribution in [0.15, 0.2) is 41.7 Å². The molecule has 4 atom stereocenters. The summed E-state index contributed by atoms with van der Waals surface area (Å²) in [6.07, 6.45) is 5.62. The van der Waals surface area contributed by atoms with Crippen molar-refractivity contribution in [2.24, 2.45) is 11.8 Å². The van der Waals surface area contributed by atoms with Gasteiger partial charge in [-0.05, 0) is 24.0 Å². The van der Waals surface area contributed by atoms with E-state index in [2.05, 4.69) is 45.4 Å². The maximum absolute atomic E-state index is 12.9. The van der Waals surface area contributed by atoms with Gasteiger partial charge in [-0.3, -0.25) is 9.69 Å². The van der Waals surface area contributed by atoms with Gasteiger partial charge >= 0.3 is 0 Å². The molecule has 3 fully saturated rings. The number of carbonyl (C=O) groups is 1. The van der Waals surface area contributed by atoms with Gasteiger partial charge in [0.1, 0.15) is 5.60 Å². The van der Waals surface area contributed by atoms with Gasteiger partial charge in [-0.2, -0.15) is 0 Å². The van der Waals surface area contributed by atoms with Crippen LogP contribution >= 0.6 is 11.8 Å². The molecular formula is C22H28N4O3S. The number of aromatic amines is 1. The lowest BCUT2D eigenvalue weighted by molar-refractivity contribution is -0.153. The van der Waals surface area contributed by atoms with Crippen molar-refractivity contribution >= 4 is 17.7 Å². The summed E-state index contributed by atoms with van der Waals surface area (Å²) < 4.78 is 6.51. The number of carbonyl (C=O) groups excluding carboxylic acids is 1. The zero-order valence-electron chi connectivity index (χ0n) is 17.2. The Balaban J connectivity index is 1.31. The van der Waals surface area contributed by atoms with Gasteiger partial charge in [-0.1, -0.05) is 12.1 Å². The van der Waals surface area contributed by atoms with Crippen LogP contribution in [0, 0.1) is 11.8 Å². The van der Waals surface area contributed by atoms with Gasteiger partial charge in [0, 0.05) is 61.4 Å². The Morgan fingerprint density at radius 2 is 2.17 bits per heavy atom. The van der Waals surface area contributed by atoms with E-state index in [1.165, 1.54) is 10.5 Å². The van der Waals surface area contributed by atoms with E-state index in [0.29, 0.717) is 19.5 Å². The lowest BCUT2D eigenvalue weighted by Crippen LogP contribution is -2.56. The Morgan fingerprint density at radius 3 is 2.87 bits per heavy atom. The van der Waals surface area contributed by atoms with E-state index in [-0.39, 0.29) is 36.1 Å². The van der Waals surface area contributed by atoms with E-state index in [9.17, 15) is 9.90 Å². The molecule has 30 heavy (non-hydrogen) atoms. The first-order valence-corrected chi connectivity index (χ1v) is 11.7. The summed E-state index contributed by atoms with van der Waals surface area (Å²) in [5.41, 5.74) is 1.73. The molecule has 0 radical (unpaired) electrons. The topological polar surface area (TPSA) is 81.7 Å². The largest absolute Gasteiger partial charge is 0.396 e. The molecule has 1 aromatic heterocycles. The van der Waals surface area contributed by atoms with Gasteiger partial charge in [-0.25, -0.2) is 4.98 Å². The smallest absolute Gasteiger partial charge is 0.228 e. The summed E-state index contributed by atoms with van der Waals surface area (Å²) in [4.78, 5) is 25.6. The molecule has 3 saturated heterocycles. The number of hydrogen-bond donors (Lipinski definition) is 2. The van der Waals surface area contributed by atoms with Crippen molar-refractivity contribution in [2.75, 3.05) is 39.0 Å². The standard InChI is InChI=1S/C22H28N4O3S/c1-30-17-4-2-15(3-5-17)8-25-9-19-18(11-27)20-10-26(13-22(19,12-25)29-20)21(28)6-16-7-23-14-24-16/h2-5,7,14,18-20,27H,6,8-13H2,1H3,(H,23,24)/t18-,19+,20+,22-/m0/s1. The van der Waals surface area contributed by atoms with Crippen LogP contribution in [0.4, 0.5) is 0 Å². The third-order valence-electron chi connectivity index (χ3n) is 6.89. The lowest BCUT2D eigenvalue weighted by Gasteiger charge is -2.40. The van der Waals surface area contributed by atoms with Crippen molar-refractivity contribution in [3.05, 3.63) is 48.0 Å². The summed E-state index contributed by atoms with van der Waals surface area (Å²) in [7, 11) is 0. The number of benzene rings is 1.